The van der Waals surface area contributed by atoms with Gasteiger partial charge < -0.3 is 15.0 Å². The Labute approximate surface area is 165 Å². The number of hydrogen-bond donors (Lipinski definition) is 1. The van der Waals surface area contributed by atoms with Crippen LogP contribution in [0.5, 0.6) is 5.75 Å². The first-order chi connectivity index (χ1) is 13.7. The third-order valence-electron chi connectivity index (χ3n) is 4.76. The molecule has 28 heavy (non-hydrogen) atoms. The van der Waals surface area contributed by atoms with Gasteiger partial charge in [-0.15, -0.1) is 0 Å². The molecule has 0 aliphatic carbocycles. The van der Waals surface area contributed by atoms with E-state index in [-0.39, 0.29) is 24.5 Å². The maximum Gasteiger partial charge on any atom is 0.274 e. The first kappa shape index (κ1) is 19.8. The van der Waals surface area contributed by atoms with E-state index in [1.165, 1.54) is 18.0 Å². The zero-order chi connectivity index (χ0) is 19.8. The second-order valence-corrected chi connectivity index (χ2v) is 6.91. The van der Waals surface area contributed by atoms with E-state index < -0.39 is 0 Å². The molecule has 1 aromatic carbocycles. The number of carbonyl (C=O) groups excluding carboxylic acids is 2. The van der Waals surface area contributed by atoms with Crippen LogP contribution < -0.4 is 10.1 Å². The molecular weight excluding hydrogens is 356 g/mol. The van der Waals surface area contributed by atoms with E-state index in [2.05, 4.69) is 22.2 Å². The maximum absolute atomic E-state index is 12.4. The minimum Gasteiger partial charge on any atom is -0.484 e. The molecule has 1 aliphatic rings. The van der Waals surface area contributed by atoms with Gasteiger partial charge in [0, 0.05) is 31.5 Å². The van der Waals surface area contributed by atoms with E-state index in [0.29, 0.717) is 37.4 Å². The summed E-state index contributed by atoms with van der Waals surface area (Å²) in [6, 6.07) is 7.90. The molecule has 0 saturated carbocycles. The molecule has 1 N–H and O–H groups in total. The average molecular weight is 382 g/mol. The molecule has 2 aromatic rings. The van der Waals surface area contributed by atoms with E-state index in [0.717, 1.165) is 12.8 Å². The van der Waals surface area contributed by atoms with E-state index in [4.69, 9.17) is 4.74 Å². The number of rotatable bonds is 7. The molecule has 0 unspecified atom stereocenters. The molecule has 7 heteroatoms. The SMILES string of the molecule is CCCc1ccc(OCC(=O)NC2CCN(C(=O)c3cnccn3)CC2)cc1. The number of hydrogen-bond acceptors (Lipinski definition) is 5. The van der Waals surface area contributed by atoms with Gasteiger partial charge in [0.25, 0.3) is 11.8 Å². The van der Waals surface area contributed by atoms with Crippen LogP contribution in [-0.2, 0) is 11.2 Å². The summed E-state index contributed by atoms with van der Waals surface area (Å²) in [4.78, 5) is 34.3. The van der Waals surface area contributed by atoms with Gasteiger partial charge in [-0.1, -0.05) is 25.5 Å². The van der Waals surface area contributed by atoms with Gasteiger partial charge in [-0.05, 0) is 37.0 Å². The molecule has 0 atom stereocenters. The summed E-state index contributed by atoms with van der Waals surface area (Å²) in [5.74, 6) is 0.434. The first-order valence-corrected chi connectivity index (χ1v) is 9.72. The molecule has 7 nitrogen and oxygen atoms in total. The van der Waals surface area contributed by atoms with Crippen LogP contribution in [0.4, 0.5) is 0 Å². The Hall–Kier alpha value is -2.96. The zero-order valence-corrected chi connectivity index (χ0v) is 16.1. The summed E-state index contributed by atoms with van der Waals surface area (Å²) in [6.45, 7) is 3.30. The zero-order valence-electron chi connectivity index (χ0n) is 16.1. The highest BCUT2D eigenvalue weighted by Crippen LogP contribution is 2.14. The van der Waals surface area contributed by atoms with Gasteiger partial charge >= 0.3 is 0 Å². The molecule has 0 radical (unpaired) electrons. The number of ether oxygens (including phenoxy) is 1. The predicted octanol–water partition coefficient (Wildman–Crippen LogP) is 2.23. The van der Waals surface area contributed by atoms with Crippen molar-refractivity contribution in [3.63, 3.8) is 0 Å². The molecule has 3 rings (SSSR count). The Bertz CT molecular complexity index is 772. The Morgan fingerprint density at radius 1 is 1.18 bits per heavy atom. The second kappa shape index (κ2) is 9.82. The quantitative estimate of drug-likeness (QED) is 0.794. The van der Waals surface area contributed by atoms with Crippen molar-refractivity contribution in [1.82, 2.24) is 20.2 Å². The largest absolute Gasteiger partial charge is 0.484 e. The molecule has 1 saturated heterocycles. The smallest absolute Gasteiger partial charge is 0.274 e. The van der Waals surface area contributed by atoms with Gasteiger partial charge in [-0.3, -0.25) is 14.6 Å². The number of benzene rings is 1. The average Bonchev–Trinajstić information content (AvgIpc) is 2.74. The van der Waals surface area contributed by atoms with Crippen LogP contribution in [0.15, 0.2) is 42.9 Å². The Morgan fingerprint density at radius 3 is 2.57 bits per heavy atom. The third-order valence-corrected chi connectivity index (χ3v) is 4.76. The highest BCUT2D eigenvalue weighted by atomic mass is 16.5. The normalized spacial score (nSPS) is 14.5. The molecule has 1 fully saturated rings. The Balaban J connectivity index is 1.39. The monoisotopic (exact) mass is 382 g/mol. The van der Waals surface area contributed by atoms with Gasteiger partial charge in [-0.25, -0.2) is 4.98 Å². The third kappa shape index (κ3) is 5.52. The summed E-state index contributed by atoms with van der Waals surface area (Å²) in [5.41, 5.74) is 1.62. The topological polar surface area (TPSA) is 84.4 Å². The van der Waals surface area contributed by atoms with Crippen LogP contribution in [-0.4, -0.2) is 52.4 Å². The van der Waals surface area contributed by atoms with Crippen LogP contribution in [0.2, 0.25) is 0 Å². The van der Waals surface area contributed by atoms with Gasteiger partial charge in [-0.2, -0.15) is 0 Å². The lowest BCUT2D eigenvalue weighted by Crippen LogP contribution is -2.47. The number of piperidine rings is 1. The maximum atomic E-state index is 12.4. The summed E-state index contributed by atoms with van der Waals surface area (Å²) in [5, 5.41) is 2.99. The van der Waals surface area contributed by atoms with Crippen LogP contribution in [0, 0.1) is 0 Å². The molecule has 148 valence electrons. The lowest BCUT2D eigenvalue weighted by Gasteiger charge is -2.32. The van der Waals surface area contributed by atoms with Gasteiger partial charge in [0.1, 0.15) is 11.4 Å². The fourth-order valence-electron chi connectivity index (χ4n) is 3.26. The van der Waals surface area contributed by atoms with Crippen molar-refractivity contribution < 1.29 is 14.3 Å². The summed E-state index contributed by atoms with van der Waals surface area (Å²) < 4.78 is 5.57. The number of nitrogens with one attached hydrogen (secondary N) is 1. The van der Waals surface area contributed by atoms with Crippen molar-refractivity contribution in [1.29, 1.82) is 0 Å². The van der Waals surface area contributed by atoms with E-state index in [9.17, 15) is 9.59 Å². The van der Waals surface area contributed by atoms with Gasteiger partial charge in [0.2, 0.25) is 0 Å². The van der Waals surface area contributed by atoms with Crippen molar-refractivity contribution in [3.05, 3.63) is 54.1 Å². The first-order valence-electron chi connectivity index (χ1n) is 9.72. The Morgan fingerprint density at radius 2 is 1.93 bits per heavy atom. The lowest BCUT2D eigenvalue weighted by atomic mass is 10.0. The van der Waals surface area contributed by atoms with Crippen LogP contribution in [0.25, 0.3) is 0 Å². The van der Waals surface area contributed by atoms with Gasteiger partial charge in [0.15, 0.2) is 6.61 Å². The van der Waals surface area contributed by atoms with Gasteiger partial charge in [0.05, 0.1) is 6.20 Å². The number of nitrogens with zero attached hydrogens (tertiary/aromatic N) is 3. The Kier molecular flexibility index (Phi) is 6.94. The number of amides is 2. The molecule has 0 bridgehead atoms. The van der Waals surface area contributed by atoms with E-state index in [1.54, 1.807) is 11.1 Å². The number of carbonyl (C=O) groups is 2. The fourth-order valence-corrected chi connectivity index (χ4v) is 3.26. The molecule has 0 spiro atoms. The molecule has 2 heterocycles. The van der Waals surface area contributed by atoms with Crippen molar-refractivity contribution in [2.24, 2.45) is 0 Å². The molecule has 2 amide bonds. The minimum atomic E-state index is -0.142. The van der Waals surface area contributed by atoms with Crippen LogP contribution in [0.1, 0.15) is 42.2 Å². The number of aryl methyl sites for hydroxylation is 1. The molecule has 1 aromatic heterocycles. The highest BCUT2D eigenvalue weighted by molar-refractivity contribution is 5.92. The summed E-state index contributed by atoms with van der Waals surface area (Å²) in [7, 11) is 0. The lowest BCUT2D eigenvalue weighted by molar-refractivity contribution is -0.124. The molecular formula is C21H26N4O3. The summed E-state index contributed by atoms with van der Waals surface area (Å²) >= 11 is 0. The van der Waals surface area contributed by atoms with Crippen LogP contribution >= 0.6 is 0 Å². The van der Waals surface area contributed by atoms with Crippen molar-refractivity contribution in [2.45, 2.75) is 38.6 Å². The highest BCUT2D eigenvalue weighted by Gasteiger charge is 2.25. The van der Waals surface area contributed by atoms with Crippen LogP contribution in [0.3, 0.4) is 0 Å². The summed E-state index contributed by atoms with van der Waals surface area (Å²) in [6.07, 6.45) is 8.09. The van der Waals surface area contributed by atoms with Crippen molar-refractivity contribution >= 4 is 11.8 Å². The van der Waals surface area contributed by atoms with Crippen molar-refractivity contribution in [3.8, 4) is 5.75 Å². The second-order valence-electron chi connectivity index (χ2n) is 6.91. The van der Waals surface area contributed by atoms with E-state index >= 15 is 0 Å². The number of aromatic nitrogens is 2. The van der Waals surface area contributed by atoms with Crippen molar-refractivity contribution in [2.75, 3.05) is 19.7 Å². The molecule has 1 aliphatic heterocycles. The minimum absolute atomic E-state index is 0.00806. The standard InChI is InChI=1S/C21H26N4O3/c1-2-3-16-4-6-18(7-5-16)28-15-20(26)24-17-8-12-25(13-9-17)21(27)19-14-22-10-11-23-19/h4-7,10-11,14,17H,2-3,8-9,12-13,15H2,1H3,(H,24,26). The predicted molar refractivity (Wildman–Crippen MR) is 105 cm³/mol. The fraction of sp³-hybridized carbons (Fsp3) is 0.429. The number of likely N-dealkylation sites (tertiary alicyclic amines) is 1. The van der Waals surface area contributed by atoms with E-state index in [1.807, 2.05) is 24.3 Å².